The number of carbonyl (C=O) groups excluding carboxylic acids is 1. The minimum Gasteiger partial charge on any atom is -0.350 e. The second kappa shape index (κ2) is 5.77. The molecular formula is C11H19N5O. The smallest absolute Gasteiger partial charge is 0.273 e. The fourth-order valence-electron chi connectivity index (χ4n) is 2.49. The molecule has 1 fully saturated rings. The average molecular weight is 237 g/mol. The molecule has 17 heavy (non-hydrogen) atoms. The average Bonchev–Trinajstić information content (AvgIpc) is 2.90. The minimum atomic E-state index is -0.167. The van der Waals surface area contributed by atoms with Gasteiger partial charge in [0.15, 0.2) is 5.69 Å². The van der Waals surface area contributed by atoms with Gasteiger partial charge in [0.1, 0.15) is 0 Å². The van der Waals surface area contributed by atoms with Gasteiger partial charge in [-0.05, 0) is 31.2 Å². The van der Waals surface area contributed by atoms with E-state index in [9.17, 15) is 4.79 Å². The van der Waals surface area contributed by atoms with Crippen LogP contribution in [0.2, 0.25) is 0 Å². The van der Waals surface area contributed by atoms with E-state index in [1.807, 2.05) is 0 Å². The van der Waals surface area contributed by atoms with Gasteiger partial charge < -0.3 is 11.1 Å². The SMILES string of the molecule is NCC1CCCCC1CNC(=O)c1cn[nH]n1. The Morgan fingerprint density at radius 3 is 2.88 bits per heavy atom. The number of hydrogen-bond acceptors (Lipinski definition) is 4. The molecule has 0 saturated heterocycles. The molecule has 1 aliphatic rings. The van der Waals surface area contributed by atoms with E-state index in [0.29, 0.717) is 30.6 Å². The highest BCUT2D eigenvalue weighted by atomic mass is 16.1. The molecule has 1 amide bonds. The van der Waals surface area contributed by atoms with Crippen molar-refractivity contribution in [1.29, 1.82) is 0 Å². The first-order chi connectivity index (χ1) is 8.31. The van der Waals surface area contributed by atoms with Crippen LogP contribution in [0.25, 0.3) is 0 Å². The summed E-state index contributed by atoms with van der Waals surface area (Å²) in [6.45, 7) is 1.40. The van der Waals surface area contributed by atoms with Crippen molar-refractivity contribution in [3.8, 4) is 0 Å². The van der Waals surface area contributed by atoms with Crippen molar-refractivity contribution in [3.63, 3.8) is 0 Å². The summed E-state index contributed by atoms with van der Waals surface area (Å²) in [4.78, 5) is 11.7. The molecule has 0 aromatic carbocycles. The standard InChI is InChI=1S/C11H19N5O/c12-5-8-3-1-2-4-9(8)6-13-11(17)10-7-14-16-15-10/h7-9H,1-6,12H2,(H,13,17)(H,14,15,16). The first kappa shape index (κ1) is 12.0. The Morgan fingerprint density at radius 1 is 1.47 bits per heavy atom. The van der Waals surface area contributed by atoms with Gasteiger partial charge in [0.2, 0.25) is 0 Å². The molecule has 1 saturated carbocycles. The Labute approximate surface area is 100 Å². The Hall–Kier alpha value is -1.43. The van der Waals surface area contributed by atoms with Crippen molar-refractivity contribution >= 4 is 5.91 Å². The van der Waals surface area contributed by atoms with Gasteiger partial charge in [0, 0.05) is 6.54 Å². The lowest BCUT2D eigenvalue weighted by molar-refractivity contribution is 0.0930. The summed E-state index contributed by atoms with van der Waals surface area (Å²) >= 11 is 0. The highest BCUT2D eigenvalue weighted by molar-refractivity contribution is 5.91. The van der Waals surface area contributed by atoms with Crippen LogP contribution >= 0.6 is 0 Å². The Morgan fingerprint density at radius 2 is 2.24 bits per heavy atom. The Kier molecular flexibility index (Phi) is 4.08. The van der Waals surface area contributed by atoms with Crippen LogP contribution in [0.4, 0.5) is 0 Å². The monoisotopic (exact) mass is 237 g/mol. The number of amides is 1. The van der Waals surface area contributed by atoms with Crippen LogP contribution in [0.1, 0.15) is 36.2 Å². The maximum Gasteiger partial charge on any atom is 0.273 e. The third-order valence-corrected chi connectivity index (χ3v) is 3.54. The van der Waals surface area contributed by atoms with Crippen molar-refractivity contribution in [2.24, 2.45) is 17.6 Å². The lowest BCUT2D eigenvalue weighted by Gasteiger charge is -2.30. The van der Waals surface area contributed by atoms with Gasteiger partial charge in [0.25, 0.3) is 5.91 Å². The molecular weight excluding hydrogens is 218 g/mol. The van der Waals surface area contributed by atoms with E-state index in [2.05, 4.69) is 20.7 Å². The topological polar surface area (TPSA) is 96.7 Å². The van der Waals surface area contributed by atoms with E-state index in [1.54, 1.807) is 0 Å². The largest absolute Gasteiger partial charge is 0.350 e. The van der Waals surface area contributed by atoms with Crippen molar-refractivity contribution in [3.05, 3.63) is 11.9 Å². The number of nitrogens with zero attached hydrogens (tertiary/aromatic N) is 2. The van der Waals surface area contributed by atoms with Gasteiger partial charge in [-0.3, -0.25) is 4.79 Å². The fourth-order valence-corrected chi connectivity index (χ4v) is 2.49. The number of rotatable bonds is 4. The van der Waals surface area contributed by atoms with Crippen LogP contribution in [-0.4, -0.2) is 34.4 Å². The number of aromatic amines is 1. The number of aromatic nitrogens is 3. The zero-order valence-electron chi connectivity index (χ0n) is 9.85. The molecule has 2 rings (SSSR count). The van der Waals surface area contributed by atoms with Gasteiger partial charge in [-0.1, -0.05) is 12.8 Å². The quantitative estimate of drug-likeness (QED) is 0.701. The van der Waals surface area contributed by atoms with Gasteiger partial charge in [0.05, 0.1) is 6.20 Å². The maximum atomic E-state index is 11.7. The predicted octanol–water partition coefficient (Wildman–Crippen LogP) is 0.300. The lowest BCUT2D eigenvalue weighted by Crippen LogP contribution is -2.37. The van der Waals surface area contributed by atoms with Crippen molar-refractivity contribution in [1.82, 2.24) is 20.7 Å². The molecule has 6 nitrogen and oxygen atoms in total. The molecule has 0 radical (unpaired) electrons. The number of nitrogens with one attached hydrogen (secondary N) is 2. The van der Waals surface area contributed by atoms with Gasteiger partial charge in [-0.15, -0.1) is 0 Å². The number of carbonyl (C=O) groups is 1. The fraction of sp³-hybridized carbons (Fsp3) is 0.727. The van der Waals surface area contributed by atoms with Crippen molar-refractivity contribution in [2.45, 2.75) is 25.7 Å². The molecule has 0 aliphatic heterocycles. The second-order valence-electron chi connectivity index (χ2n) is 4.61. The van der Waals surface area contributed by atoms with E-state index in [4.69, 9.17) is 5.73 Å². The normalized spacial score (nSPS) is 24.5. The molecule has 0 spiro atoms. The van der Waals surface area contributed by atoms with E-state index < -0.39 is 0 Å². The number of nitrogens with two attached hydrogens (primary N) is 1. The first-order valence-electron chi connectivity index (χ1n) is 6.15. The van der Waals surface area contributed by atoms with Crippen LogP contribution in [0.15, 0.2) is 6.20 Å². The second-order valence-corrected chi connectivity index (χ2v) is 4.61. The zero-order valence-corrected chi connectivity index (χ0v) is 9.85. The summed E-state index contributed by atoms with van der Waals surface area (Å²) < 4.78 is 0. The third kappa shape index (κ3) is 3.03. The van der Waals surface area contributed by atoms with Crippen LogP contribution in [0, 0.1) is 11.8 Å². The molecule has 94 valence electrons. The summed E-state index contributed by atoms with van der Waals surface area (Å²) in [6, 6.07) is 0. The third-order valence-electron chi connectivity index (χ3n) is 3.54. The Balaban J connectivity index is 1.82. The van der Waals surface area contributed by atoms with Crippen LogP contribution in [0.5, 0.6) is 0 Å². The molecule has 1 heterocycles. The van der Waals surface area contributed by atoms with Crippen molar-refractivity contribution < 1.29 is 4.79 Å². The maximum absolute atomic E-state index is 11.7. The molecule has 2 atom stereocenters. The molecule has 1 aromatic rings. The molecule has 1 aliphatic carbocycles. The van der Waals surface area contributed by atoms with E-state index in [1.165, 1.54) is 25.5 Å². The first-order valence-corrected chi connectivity index (χ1v) is 6.15. The summed E-state index contributed by atoms with van der Waals surface area (Å²) in [5.74, 6) is 0.881. The van der Waals surface area contributed by atoms with Crippen molar-refractivity contribution in [2.75, 3.05) is 13.1 Å². The summed E-state index contributed by atoms with van der Waals surface area (Å²) in [5, 5.41) is 12.7. The van der Waals surface area contributed by atoms with E-state index >= 15 is 0 Å². The summed E-state index contributed by atoms with van der Waals surface area (Å²) in [7, 11) is 0. The number of hydrogen-bond donors (Lipinski definition) is 3. The van der Waals surface area contributed by atoms with Gasteiger partial charge in [-0.25, -0.2) is 0 Å². The van der Waals surface area contributed by atoms with E-state index in [0.717, 1.165) is 6.42 Å². The molecule has 1 aromatic heterocycles. The van der Waals surface area contributed by atoms with Gasteiger partial charge in [-0.2, -0.15) is 15.4 Å². The highest BCUT2D eigenvalue weighted by Crippen LogP contribution is 2.28. The molecule has 4 N–H and O–H groups in total. The van der Waals surface area contributed by atoms with Crippen LogP contribution in [0.3, 0.4) is 0 Å². The molecule has 0 bridgehead atoms. The highest BCUT2D eigenvalue weighted by Gasteiger charge is 2.24. The minimum absolute atomic E-state index is 0.167. The summed E-state index contributed by atoms with van der Waals surface area (Å²) in [5.41, 5.74) is 6.09. The molecule has 6 heteroatoms. The molecule has 2 unspecified atom stereocenters. The zero-order chi connectivity index (χ0) is 12.1. The van der Waals surface area contributed by atoms with Crippen LogP contribution < -0.4 is 11.1 Å². The number of H-pyrrole nitrogens is 1. The summed E-state index contributed by atoms with van der Waals surface area (Å²) in [6.07, 6.45) is 6.26. The lowest BCUT2D eigenvalue weighted by atomic mass is 9.79. The Bertz CT molecular complexity index is 351. The van der Waals surface area contributed by atoms with E-state index in [-0.39, 0.29) is 5.91 Å². The van der Waals surface area contributed by atoms with Crippen LogP contribution in [-0.2, 0) is 0 Å². The van der Waals surface area contributed by atoms with Gasteiger partial charge >= 0.3 is 0 Å². The predicted molar refractivity (Wildman–Crippen MR) is 63.2 cm³/mol.